The van der Waals surface area contributed by atoms with Crippen LogP contribution in [0.4, 0.5) is 13.2 Å². The zero-order valence-corrected chi connectivity index (χ0v) is 8.51. The van der Waals surface area contributed by atoms with Crippen molar-refractivity contribution in [2.24, 2.45) is 0 Å². The monoisotopic (exact) mass is 247 g/mol. The summed E-state index contributed by atoms with van der Waals surface area (Å²) < 4.78 is 36.4. The van der Waals surface area contributed by atoms with Crippen molar-refractivity contribution in [1.29, 1.82) is 5.26 Å². The lowest BCUT2D eigenvalue weighted by Gasteiger charge is -2.10. The first kappa shape index (κ1) is 12.5. The van der Waals surface area contributed by atoms with E-state index in [1.54, 1.807) is 0 Å². The second-order valence-electron chi connectivity index (χ2n) is 2.98. The van der Waals surface area contributed by atoms with E-state index in [0.717, 1.165) is 0 Å². The molecule has 0 heterocycles. The van der Waals surface area contributed by atoms with Crippen LogP contribution in [-0.4, -0.2) is 12.0 Å². The van der Waals surface area contributed by atoms with Gasteiger partial charge in [-0.2, -0.15) is 18.4 Å². The second kappa shape index (κ2) is 4.54. The van der Waals surface area contributed by atoms with Crippen LogP contribution in [-0.2, 0) is 4.79 Å². The molecule has 1 atom stereocenters. The van der Waals surface area contributed by atoms with Gasteiger partial charge < -0.3 is 0 Å². The normalized spacial score (nSPS) is 12.9. The highest BCUT2D eigenvalue weighted by Gasteiger charge is 2.44. The fraction of sp³-hybridized carbons (Fsp3) is 0.200. The van der Waals surface area contributed by atoms with Gasteiger partial charge in [0.15, 0.2) is 0 Å². The molecule has 0 amide bonds. The van der Waals surface area contributed by atoms with Crippen molar-refractivity contribution in [2.45, 2.75) is 12.1 Å². The first-order chi connectivity index (χ1) is 7.36. The highest BCUT2D eigenvalue weighted by Crippen LogP contribution is 2.28. The average Bonchev–Trinajstić information content (AvgIpc) is 2.17. The van der Waals surface area contributed by atoms with Crippen molar-refractivity contribution in [2.75, 3.05) is 0 Å². The molecule has 0 saturated carbocycles. The van der Waals surface area contributed by atoms with Crippen LogP contribution in [0.2, 0.25) is 5.02 Å². The molecule has 16 heavy (non-hydrogen) atoms. The Bertz CT molecular complexity index is 450. The molecule has 0 aliphatic heterocycles. The largest absolute Gasteiger partial charge is 0.451 e. The second-order valence-corrected chi connectivity index (χ2v) is 3.42. The predicted octanol–water partition coefficient (Wildman–Crippen LogP) is 3.08. The van der Waals surface area contributed by atoms with Crippen molar-refractivity contribution in [3.05, 3.63) is 34.9 Å². The molecule has 0 radical (unpaired) electrons. The Morgan fingerprint density at radius 2 is 2.06 bits per heavy atom. The quantitative estimate of drug-likeness (QED) is 0.806. The van der Waals surface area contributed by atoms with E-state index in [1.165, 1.54) is 30.3 Å². The van der Waals surface area contributed by atoms with Crippen LogP contribution in [0, 0.1) is 11.3 Å². The molecule has 0 bridgehead atoms. The summed E-state index contributed by atoms with van der Waals surface area (Å²) in [5, 5.41) is 8.76. The third-order valence-electron chi connectivity index (χ3n) is 1.85. The number of alkyl halides is 3. The van der Waals surface area contributed by atoms with Crippen molar-refractivity contribution in [3.8, 4) is 6.07 Å². The number of hydrogen-bond donors (Lipinski definition) is 0. The molecule has 0 spiro atoms. The number of nitrogens with zero attached hydrogens (tertiary/aromatic N) is 1. The van der Waals surface area contributed by atoms with Crippen LogP contribution < -0.4 is 0 Å². The molecule has 6 heteroatoms. The van der Waals surface area contributed by atoms with E-state index >= 15 is 0 Å². The number of halogens is 4. The molecule has 2 nitrogen and oxygen atoms in total. The molecule has 1 aromatic carbocycles. The first-order valence-corrected chi connectivity index (χ1v) is 4.50. The van der Waals surface area contributed by atoms with Gasteiger partial charge >= 0.3 is 6.18 Å². The smallest absolute Gasteiger partial charge is 0.288 e. The maximum absolute atomic E-state index is 12.1. The molecule has 1 aromatic rings. The summed E-state index contributed by atoms with van der Waals surface area (Å²) in [7, 11) is 0. The molecule has 0 aliphatic rings. The molecular formula is C10H5ClF3NO. The minimum Gasteiger partial charge on any atom is -0.288 e. The number of Topliss-reactive ketones (excluding diaryl/α,β-unsaturated/α-hetero) is 1. The fourth-order valence-corrected chi connectivity index (χ4v) is 1.33. The van der Waals surface area contributed by atoms with E-state index in [1.807, 2.05) is 0 Å². The van der Waals surface area contributed by atoms with Crippen LogP contribution in [0.15, 0.2) is 24.3 Å². The molecule has 0 saturated heterocycles. The fourth-order valence-electron chi connectivity index (χ4n) is 1.13. The predicted molar refractivity (Wildman–Crippen MR) is 50.9 cm³/mol. The highest BCUT2D eigenvalue weighted by atomic mass is 35.5. The van der Waals surface area contributed by atoms with Crippen molar-refractivity contribution < 1.29 is 18.0 Å². The van der Waals surface area contributed by atoms with Crippen LogP contribution in [0.5, 0.6) is 0 Å². The third-order valence-corrected chi connectivity index (χ3v) is 2.09. The molecule has 0 N–H and O–H groups in total. The van der Waals surface area contributed by atoms with Gasteiger partial charge in [-0.3, -0.25) is 4.79 Å². The maximum Gasteiger partial charge on any atom is 0.451 e. The van der Waals surface area contributed by atoms with Crippen molar-refractivity contribution in [1.82, 2.24) is 0 Å². The summed E-state index contributed by atoms with van der Waals surface area (Å²) in [5.41, 5.74) is -0.0580. The molecule has 0 fully saturated rings. The van der Waals surface area contributed by atoms with Crippen LogP contribution in [0.3, 0.4) is 0 Å². The summed E-state index contributed by atoms with van der Waals surface area (Å²) in [6, 6.07) is 6.57. The minimum absolute atomic E-state index is 0.0580. The van der Waals surface area contributed by atoms with Crippen LogP contribution in [0.25, 0.3) is 0 Å². The Labute approximate surface area is 94.2 Å². The molecule has 1 unspecified atom stereocenters. The number of rotatable bonds is 2. The van der Waals surface area contributed by atoms with Crippen LogP contribution >= 0.6 is 11.6 Å². The third kappa shape index (κ3) is 2.74. The Morgan fingerprint density at radius 1 is 1.44 bits per heavy atom. The van der Waals surface area contributed by atoms with Crippen LogP contribution in [0.1, 0.15) is 11.5 Å². The van der Waals surface area contributed by atoms with E-state index in [2.05, 4.69) is 0 Å². The van der Waals surface area contributed by atoms with Gasteiger partial charge in [0.1, 0.15) is 5.92 Å². The van der Waals surface area contributed by atoms with Gasteiger partial charge in [0.05, 0.1) is 6.07 Å². The topological polar surface area (TPSA) is 40.9 Å². The number of benzene rings is 1. The number of ketones is 1. The Morgan fingerprint density at radius 3 is 2.50 bits per heavy atom. The maximum atomic E-state index is 12.1. The lowest BCUT2D eigenvalue weighted by atomic mass is 9.96. The Hall–Kier alpha value is -1.54. The number of hydrogen-bond acceptors (Lipinski definition) is 2. The average molecular weight is 248 g/mol. The summed E-state index contributed by atoms with van der Waals surface area (Å²) in [4.78, 5) is 10.9. The van der Waals surface area contributed by atoms with Gasteiger partial charge in [0.2, 0.25) is 0 Å². The Balaban J connectivity index is 3.10. The number of nitriles is 1. The van der Waals surface area contributed by atoms with E-state index in [-0.39, 0.29) is 10.6 Å². The zero-order chi connectivity index (χ0) is 12.3. The van der Waals surface area contributed by atoms with Gasteiger partial charge in [-0.05, 0) is 17.7 Å². The van der Waals surface area contributed by atoms with Crippen molar-refractivity contribution in [3.63, 3.8) is 0 Å². The first-order valence-electron chi connectivity index (χ1n) is 4.12. The van der Waals surface area contributed by atoms with Gasteiger partial charge in [0.25, 0.3) is 5.78 Å². The Kier molecular flexibility index (Phi) is 3.55. The molecule has 84 valence electrons. The van der Waals surface area contributed by atoms with E-state index in [0.29, 0.717) is 0 Å². The molecule has 1 rings (SSSR count). The zero-order valence-electron chi connectivity index (χ0n) is 7.75. The van der Waals surface area contributed by atoms with E-state index < -0.39 is 17.9 Å². The SMILES string of the molecule is N#CC(C(=O)C(F)(F)F)c1cccc(Cl)c1. The number of carbonyl (C=O) groups is 1. The molecule has 0 aromatic heterocycles. The van der Waals surface area contributed by atoms with Gasteiger partial charge in [0, 0.05) is 5.02 Å². The molecule has 0 aliphatic carbocycles. The lowest BCUT2D eigenvalue weighted by molar-refractivity contribution is -0.171. The van der Waals surface area contributed by atoms with Gasteiger partial charge in [-0.1, -0.05) is 23.7 Å². The highest BCUT2D eigenvalue weighted by molar-refractivity contribution is 6.30. The van der Waals surface area contributed by atoms with Crippen molar-refractivity contribution >= 4 is 17.4 Å². The van der Waals surface area contributed by atoms with Gasteiger partial charge in [-0.15, -0.1) is 0 Å². The van der Waals surface area contributed by atoms with E-state index in [9.17, 15) is 18.0 Å². The summed E-state index contributed by atoms with van der Waals surface area (Å²) in [6.07, 6.45) is -5.03. The van der Waals surface area contributed by atoms with E-state index in [4.69, 9.17) is 16.9 Å². The molecular weight excluding hydrogens is 243 g/mol. The minimum atomic E-state index is -5.03. The number of carbonyl (C=O) groups excluding carboxylic acids is 1. The summed E-state index contributed by atoms with van der Waals surface area (Å²) in [5.74, 6) is -3.95. The summed E-state index contributed by atoms with van der Waals surface area (Å²) in [6.45, 7) is 0. The van der Waals surface area contributed by atoms with Gasteiger partial charge in [-0.25, -0.2) is 0 Å². The summed E-state index contributed by atoms with van der Waals surface area (Å²) >= 11 is 5.56. The standard InChI is InChI=1S/C10H5ClF3NO/c11-7-3-1-2-6(4-7)8(5-15)9(16)10(12,13)14/h1-4,8H. The lowest BCUT2D eigenvalue weighted by Crippen LogP contribution is -2.28.